The number of nitrogens with zero attached hydrogens (tertiary/aromatic N) is 1. The molecule has 1 aromatic carbocycles. The molecule has 9 heteroatoms. The van der Waals surface area contributed by atoms with Crippen LogP contribution in [-0.4, -0.2) is 51.4 Å². The van der Waals surface area contributed by atoms with Crippen LogP contribution >= 0.6 is 0 Å². The molecule has 5 nitrogen and oxygen atoms in total. The molecule has 0 N–H and O–H groups in total. The van der Waals surface area contributed by atoms with Crippen molar-refractivity contribution in [1.82, 2.24) is 4.90 Å². The molecule has 0 aromatic heterocycles. The van der Waals surface area contributed by atoms with Crippen molar-refractivity contribution < 1.29 is 31.1 Å². The molecule has 0 saturated heterocycles. The number of hydrogen-bond donors (Lipinski definition) is 0. The number of alkyl halides is 3. The molecule has 0 unspecified atom stereocenters. The van der Waals surface area contributed by atoms with Gasteiger partial charge in [0.2, 0.25) is 5.91 Å². The first-order valence-electron chi connectivity index (χ1n) is 8.30. The van der Waals surface area contributed by atoms with Gasteiger partial charge in [0.25, 0.3) is 0 Å². The maximum atomic E-state index is 12.6. The molecule has 1 aromatic rings. The van der Waals surface area contributed by atoms with E-state index in [2.05, 4.69) is 0 Å². The maximum absolute atomic E-state index is 12.6. The van der Waals surface area contributed by atoms with Gasteiger partial charge in [0.15, 0.2) is 9.84 Å². The van der Waals surface area contributed by atoms with E-state index in [1.165, 1.54) is 24.3 Å². The lowest BCUT2D eigenvalue weighted by atomic mass is 10.2. The summed E-state index contributed by atoms with van der Waals surface area (Å²) in [5.74, 6) is -0.116. The summed E-state index contributed by atoms with van der Waals surface area (Å²) in [5.41, 5.74) is 0. The van der Waals surface area contributed by atoms with Crippen molar-refractivity contribution in [2.24, 2.45) is 0 Å². The van der Waals surface area contributed by atoms with Gasteiger partial charge in [-0.3, -0.25) is 4.79 Å². The quantitative estimate of drug-likeness (QED) is 0.570. The van der Waals surface area contributed by atoms with Gasteiger partial charge >= 0.3 is 6.18 Å². The largest absolute Gasteiger partial charge is 0.494 e. The van der Waals surface area contributed by atoms with Gasteiger partial charge in [0.1, 0.15) is 12.3 Å². The molecular weight excluding hydrogens is 371 g/mol. The Morgan fingerprint density at radius 3 is 2.27 bits per heavy atom. The lowest BCUT2D eigenvalue weighted by Gasteiger charge is -2.23. The van der Waals surface area contributed by atoms with E-state index in [1.54, 1.807) is 0 Å². The first kappa shape index (κ1) is 22.3. The van der Waals surface area contributed by atoms with Crippen molar-refractivity contribution in [2.45, 2.75) is 43.7 Å². The molecule has 0 saturated carbocycles. The highest BCUT2D eigenvalue weighted by molar-refractivity contribution is 7.90. The fourth-order valence-electron chi connectivity index (χ4n) is 2.21. The van der Waals surface area contributed by atoms with E-state index < -0.39 is 28.5 Å². The summed E-state index contributed by atoms with van der Waals surface area (Å²) < 4.78 is 65.8. The minimum absolute atomic E-state index is 0.0405. The first-order valence-corrected chi connectivity index (χ1v) is 10.2. The molecule has 1 amide bonds. The minimum atomic E-state index is -4.42. The number of amides is 1. The lowest BCUT2D eigenvalue weighted by molar-refractivity contribution is -0.161. The SMILES string of the molecule is CCCCN(CC(F)(F)F)C(=O)CCCOc1ccc(S(C)(=O)=O)cc1. The predicted octanol–water partition coefficient (Wildman–Crippen LogP) is 3.44. The number of carbonyl (C=O) groups is 1. The van der Waals surface area contributed by atoms with Crippen molar-refractivity contribution in [3.05, 3.63) is 24.3 Å². The van der Waals surface area contributed by atoms with Gasteiger partial charge in [-0.05, 0) is 37.1 Å². The summed E-state index contributed by atoms with van der Waals surface area (Å²) in [6.45, 7) is 0.846. The predicted molar refractivity (Wildman–Crippen MR) is 91.8 cm³/mol. The molecule has 0 aliphatic rings. The van der Waals surface area contributed by atoms with Crippen LogP contribution in [0.4, 0.5) is 13.2 Å². The van der Waals surface area contributed by atoms with Crippen LogP contribution in [0.1, 0.15) is 32.6 Å². The van der Waals surface area contributed by atoms with Crippen LogP contribution in [0.5, 0.6) is 5.75 Å². The summed E-state index contributed by atoms with van der Waals surface area (Å²) in [4.78, 5) is 13.0. The lowest BCUT2D eigenvalue weighted by Crippen LogP contribution is -2.39. The molecular formula is C17H24F3NO4S. The summed E-state index contributed by atoms with van der Waals surface area (Å²) in [7, 11) is -3.29. The molecule has 0 bridgehead atoms. The van der Waals surface area contributed by atoms with E-state index in [0.29, 0.717) is 18.6 Å². The Kier molecular flexibility index (Phi) is 8.39. The maximum Gasteiger partial charge on any atom is 0.406 e. The molecule has 148 valence electrons. The topological polar surface area (TPSA) is 63.7 Å². The number of rotatable bonds is 10. The average Bonchev–Trinajstić information content (AvgIpc) is 2.54. The van der Waals surface area contributed by atoms with Gasteiger partial charge in [-0.2, -0.15) is 13.2 Å². The van der Waals surface area contributed by atoms with Crippen LogP contribution in [0.15, 0.2) is 29.2 Å². The standard InChI is InChI=1S/C17H24F3NO4S/c1-3-4-11-21(13-17(18,19)20)16(22)6-5-12-25-14-7-9-15(10-8-14)26(2,23)24/h7-10H,3-6,11-13H2,1-2H3. The number of sulfone groups is 1. The Morgan fingerprint density at radius 2 is 1.77 bits per heavy atom. The van der Waals surface area contributed by atoms with Gasteiger partial charge in [0.05, 0.1) is 11.5 Å². The second-order valence-corrected chi connectivity index (χ2v) is 8.00. The molecule has 0 heterocycles. The monoisotopic (exact) mass is 395 g/mol. The molecule has 0 spiro atoms. The zero-order valence-corrected chi connectivity index (χ0v) is 15.7. The third-order valence-electron chi connectivity index (χ3n) is 3.56. The second kappa shape index (κ2) is 9.80. The summed E-state index contributed by atoms with van der Waals surface area (Å²) in [6, 6.07) is 5.81. The fraction of sp³-hybridized carbons (Fsp3) is 0.588. The summed E-state index contributed by atoms with van der Waals surface area (Å²) in [5, 5.41) is 0. The van der Waals surface area contributed by atoms with Crippen LogP contribution in [0.3, 0.4) is 0 Å². The van der Waals surface area contributed by atoms with Crippen molar-refractivity contribution in [1.29, 1.82) is 0 Å². The molecule has 0 fully saturated rings. The highest BCUT2D eigenvalue weighted by atomic mass is 32.2. The first-order chi connectivity index (χ1) is 12.0. The Balaban J connectivity index is 2.46. The van der Waals surface area contributed by atoms with Gasteiger partial charge in [-0.25, -0.2) is 8.42 Å². The number of hydrogen-bond acceptors (Lipinski definition) is 4. The number of ether oxygens (including phenoxy) is 1. The average molecular weight is 395 g/mol. The molecule has 0 aliphatic heterocycles. The Bertz CT molecular complexity index is 672. The highest BCUT2D eigenvalue weighted by Crippen LogP contribution is 2.18. The van der Waals surface area contributed by atoms with E-state index in [1.807, 2.05) is 6.92 Å². The molecule has 0 atom stereocenters. The number of benzene rings is 1. The normalized spacial score (nSPS) is 12.0. The number of carbonyl (C=O) groups excluding carboxylic acids is 1. The Hall–Kier alpha value is -1.77. The number of halogens is 3. The van der Waals surface area contributed by atoms with Gasteiger partial charge in [-0.15, -0.1) is 0 Å². The van der Waals surface area contributed by atoms with Crippen LogP contribution in [0.2, 0.25) is 0 Å². The van der Waals surface area contributed by atoms with Gasteiger partial charge in [-0.1, -0.05) is 13.3 Å². The van der Waals surface area contributed by atoms with Crippen LogP contribution in [0, 0.1) is 0 Å². The molecule has 0 radical (unpaired) electrons. The summed E-state index contributed by atoms with van der Waals surface area (Å²) >= 11 is 0. The zero-order valence-electron chi connectivity index (χ0n) is 14.9. The second-order valence-electron chi connectivity index (χ2n) is 5.98. The molecule has 0 aliphatic carbocycles. The number of unbranched alkanes of at least 4 members (excludes halogenated alkanes) is 1. The van der Waals surface area contributed by atoms with Crippen molar-refractivity contribution in [3.8, 4) is 5.75 Å². The smallest absolute Gasteiger partial charge is 0.406 e. The zero-order chi connectivity index (χ0) is 19.8. The molecule has 1 rings (SSSR count). The van der Waals surface area contributed by atoms with Gasteiger partial charge < -0.3 is 9.64 Å². The third kappa shape index (κ3) is 8.55. The van der Waals surface area contributed by atoms with Crippen LogP contribution in [-0.2, 0) is 14.6 Å². The third-order valence-corrected chi connectivity index (χ3v) is 4.69. The fourth-order valence-corrected chi connectivity index (χ4v) is 2.84. The Morgan fingerprint density at radius 1 is 1.15 bits per heavy atom. The van der Waals surface area contributed by atoms with E-state index in [-0.39, 0.29) is 30.9 Å². The van der Waals surface area contributed by atoms with Gasteiger partial charge in [0, 0.05) is 19.2 Å². The van der Waals surface area contributed by atoms with E-state index in [9.17, 15) is 26.4 Å². The van der Waals surface area contributed by atoms with Crippen LogP contribution in [0.25, 0.3) is 0 Å². The van der Waals surface area contributed by atoms with Crippen molar-refractivity contribution >= 4 is 15.7 Å². The van der Waals surface area contributed by atoms with E-state index in [0.717, 1.165) is 11.2 Å². The minimum Gasteiger partial charge on any atom is -0.494 e. The molecule has 26 heavy (non-hydrogen) atoms. The van der Waals surface area contributed by atoms with E-state index in [4.69, 9.17) is 4.74 Å². The van der Waals surface area contributed by atoms with Crippen molar-refractivity contribution in [3.63, 3.8) is 0 Å². The van der Waals surface area contributed by atoms with E-state index >= 15 is 0 Å². The van der Waals surface area contributed by atoms with Crippen LogP contribution < -0.4 is 4.74 Å². The highest BCUT2D eigenvalue weighted by Gasteiger charge is 2.32. The van der Waals surface area contributed by atoms with Crippen molar-refractivity contribution in [2.75, 3.05) is 26.0 Å². The Labute approximate surface area is 152 Å². The summed E-state index contributed by atoms with van der Waals surface area (Å²) in [6.07, 6.45) is -1.87.